The molecular formula is C23H16ClFN4O3. The zero-order chi connectivity index (χ0) is 22.8. The minimum Gasteiger partial charge on any atom is -0.489 e. The number of carbonyl (C=O) groups is 2. The van der Waals surface area contributed by atoms with Crippen LogP contribution >= 0.6 is 11.6 Å². The monoisotopic (exact) mass is 450 g/mol. The minimum atomic E-state index is -0.975. The molecule has 32 heavy (non-hydrogen) atoms. The lowest BCUT2D eigenvalue weighted by Crippen LogP contribution is -2.49. The van der Waals surface area contributed by atoms with Crippen molar-refractivity contribution in [2.24, 2.45) is 0 Å². The third-order valence-electron chi connectivity index (χ3n) is 4.99. The Morgan fingerprint density at radius 2 is 2.00 bits per heavy atom. The number of hydrogen-bond acceptors (Lipinski definition) is 5. The summed E-state index contributed by atoms with van der Waals surface area (Å²) in [4.78, 5) is 31.4. The van der Waals surface area contributed by atoms with Gasteiger partial charge in [0.1, 0.15) is 29.9 Å². The quantitative estimate of drug-likeness (QED) is 0.658. The number of benzene rings is 2. The van der Waals surface area contributed by atoms with Crippen molar-refractivity contribution in [3.05, 3.63) is 76.7 Å². The summed E-state index contributed by atoms with van der Waals surface area (Å²) in [5, 5.41) is 12.0. The van der Waals surface area contributed by atoms with Crippen LogP contribution in [0.15, 0.2) is 54.6 Å². The highest BCUT2D eigenvalue weighted by atomic mass is 35.5. The standard InChI is InChI=1S/C23H16ClFN4O3/c1-29-19-9-2-13(11-26)10-20(19)32-12-18(23(29)31)28-22(30)17-8-7-16(24)21(27-17)14-3-5-15(25)6-4-14/h2-10,18H,12H2,1H3,(H,28,30)/t18-/m0/s1. The van der Waals surface area contributed by atoms with E-state index in [4.69, 9.17) is 21.6 Å². The van der Waals surface area contributed by atoms with Gasteiger partial charge in [-0.1, -0.05) is 11.6 Å². The molecule has 160 valence electrons. The molecule has 0 unspecified atom stereocenters. The Morgan fingerprint density at radius 1 is 1.25 bits per heavy atom. The van der Waals surface area contributed by atoms with Gasteiger partial charge in [0.15, 0.2) is 0 Å². The maximum atomic E-state index is 13.2. The molecular weight excluding hydrogens is 435 g/mol. The van der Waals surface area contributed by atoms with E-state index in [2.05, 4.69) is 10.3 Å². The van der Waals surface area contributed by atoms with Crippen molar-refractivity contribution >= 4 is 29.1 Å². The van der Waals surface area contributed by atoms with Gasteiger partial charge in [-0.15, -0.1) is 0 Å². The van der Waals surface area contributed by atoms with Gasteiger partial charge in [0.2, 0.25) is 0 Å². The van der Waals surface area contributed by atoms with E-state index in [1.54, 1.807) is 25.2 Å². The number of likely N-dealkylation sites (N-methyl/N-ethyl adjacent to an activating group) is 1. The smallest absolute Gasteiger partial charge is 0.270 e. The molecule has 0 bridgehead atoms. The summed E-state index contributed by atoms with van der Waals surface area (Å²) in [7, 11) is 1.56. The van der Waals surface area contributed by atoms with Gasteiger partial charge in [-0.25, -0.2) is 9.37 Å². The van der Waals surface area contributed by atoms with Crippen molar-refractivity contribution in [1.82, 2.24) is 10.3 Å². The molecule has 4 rings (SSSR count). The molecule has 7 nitrogen and oxygen atoms in total. The highest BCUT2D eigenvalue weighted by molar-refractivity contribution is 6.33. The summed E-state index contributed by atoms with van der Waals surface area (Å²) >= 11 is 6.22. The highest BCUT2D eigenvalue weighted by Gasteiger charge is 2.31. The molecule has 0 spiro atoms. The van der Waals surface area contributed by atoms with Crippen LogP contribution in [0.3, 0.4) is 0 Å². The van der Waals surface area contributed by atoms with E-state index in [9.17, 15) is 14.0 Å². The van der Waals surface area contributed by atoms with E-state index in [1.807, 2.05) is 6.07 Å². The van der Waals surface area contributed by atoms with Crippen molar-refractivity contribution in [3.8, 4) is 23.1 Å². The highest BCUT2D eigenvalue weighted by Crippen LogP contribution is 2.31. The fourth-order valence-corrected chi connectivity index (χ4v) is 3.50. The topological polar surface area (TPSA) is 95.3 Å². The first-order valence-electron chi connectivity index (χ1n) is 9.55. The average molecular weight is 451 g/mol. The number of fused-ring (bicyclic) bond motifs is 1. The van der Waals surface area contributed by atoms with E-state index in [-0.39, 0.29) is 18.2 Å². The van der Waals surface area contributed by atoms with Gasteiger partial charge in [-0.3, -0.25) is 9.59 Å². The molecule has 0 fully saturated rings. The molecule has 0 saturated carbocycles. The van der Waals surface area contributed by atoms with Crippen molar-refractivity contribution in [2.75, 3.05) is 18.6 Å². The molecule has 1 aliphatic rings. The number of hydrogen-bond donors (Lipinski definition) is 1. The van der Waals surface area contributed by atoms with Gasteiger partial charge in [-0.05, 0) is 48.5 Å². The largest absolute Gasteiger partial charge is 0.489 e. The third-order valence-corrected chi connectivity index (χ3v) is 5.29. The van der Waals surface area contributed by atoms with Gasteiger partial charge in [-0.2, -0.15) is 5.26 Å². The molecule has 1 atom stereocenters. The summed E-state index contributed by atoms with van der Waals surface area (Å²) in [5.74, 6) is -1.00. The average Bonchev–Trinajstić information content (AvgIpc) is 2.91. The van der Waals surface area contributed by atoms with E-state index in [1.165, 1.54) is 41.3 Å². The Hall–Kier alpha value is -3.96. The number of aromatic nitrogens is 1. The molecule has 0 radical (unpaired) electrons. The molecule has 1 aromatic heterocycles. The normalized spacial score (nSPS) is 15.2. The van der Waals surface area contributed by atoms with Gasteiger partial charge >= 0.3 is 0 Å². The van der Waals surface area contributed by atoms with Crippen molar-refractivity contribution in [2.45, 2.75) is 6.04 Å². The fraction of sp³-hybridized carbons (Fsp3) is 0.130. The van der Waals surface area contributed by atoms with Crippen LogP contribution in [-0.2, 0) is 4.79 Å². The number of amides is 2. The zero-order valence-corrected chi connectivity index (χ0v) is 17.6. The number of nitrogens with one attached hydrogen (secondary N) is 1. The number of ether oxygens (including phenoxy) is 1. The number of pyridine rings is 1. The van der Waals surface area contributed by atoms with Crippen LogP contribution in [-0.4, -0.2) is 36.5 Å². The van der Waals surface area contributed by atoms with Crippen LogP contribution in [0, 0.1) is 17.1 Å². The number of nitriles is 1. The second-order valence-electron chi connectivity index (χ2n) is 7.06. The van der Waals surface area contributed by atoms with Gasteiger partial charge in [0.25, 0.3) is 11.8 Å². The number of nitrogens with zero attached hydrogens (tertiary/aromatic N) is 3. The van der Waals surface area contributed by atoms with Crippen LogP contribution in [0.4, 0.5) is 10.1 Å². The van der Waals surface area contributed by atoms with Crippen LogP contribution in [0.25, 0.3) is 11.3 Å². The lowest BCUT2D eigenvalue weighted by molar-refractivity contribution is -0.120. The SMILES string of the molecule is CN1C(=O)[C@@H](NC(=O)c2ccc(Cl)c(-c3ccc(F)cc3)n2)COc2cc(C#N)ccc21. The molecule has 3 aromatic rings. The molecule has 0 saturated heterocycles. The van der Waals surface area contributed by atoms with E-state index in [0.29, 0.717) is 33.3 Å². The minimum absolute atomic E-state index is 0.0395. The lowest BCUT2D eigenvalue weighted by Gasteiger charge is -2.20. The first kappa shape index (κ1) is 21.3. The Balaban J connectivity index is 1.56. The third kappa shape index (κ3) is 4.11. The number of carbonyl (C=O) groups excluding carboxylic acids is 2. The maximum absolute atomic E-state index is 13.2. The molecule has 9 heteroatoms. The Bertz CT molecular complexity index is 1260. The molecule has 2 amide bonds. The summed E-state index contributed by atoms with van der Waals surface area (Å²) in [6, 6.07) is 14.3. The predicted octanol–water partition coefficient (Wildman–Crippen LogP) is 3.57. The summed E-state index contributed by atoms with van der Waals surface area (Å²) in [5.41, 5.74) is 1.79. The first-order valence-corrected chi connectivity index (χ1v) is 9.93. The van der Waals surface area contributed by atoms with Crippen molar-refractivity contribution in [3.63, 3.8) is 0 Å². The van der Waals surface area contributed by atoms with E-state index < -0.39 is 17.8 Å². The van der Waals surface area contributed by atoms with Crippen LogP contribution in [0.2, 0.25) is 5.02 Å². The number of rotatable bonds is 3. The Labute approximate surface area is 188 Å². The first-order chi connectivity index (χ1) is 15.4. The molecule has 0 aliphatic carbocycles. The summed E-state index contributed by atoms with van der Waals surface area (Å²) in [6.07, 6.45) is 0. The molecule has 1 aliphatic heterocycles. The van der Waals surface area contributed by atoms with Crippen molar-refractivity contribution < 1.29 is 18.7 Å². The lowest BCUT2D eigenvalue weighted by atomic mass is 10.1. The van der Waals surface area contributed by atoms with Crippen molar-refractivity contribution in [1.29, 1.82) is 5.26 Å². The zero-order valence-electron chi connectivity index (χ0n) is 16.8. The van der Waals surface area contributed by atoms with Gasteiger partial charge < -0.3 is 15.0 Å². The molecule has 2 aromatic carbocycles. The van der Waals surface area contributed by atoms with Gasteiger partial charge in [0.05, 0.1) is 28.0 Å². The maximum Gasteiger partial charge on any atom is 0.270 e. The second-order valence-corrected chi connectivity index (χ2v) is 7.47. The second kappa shape index (κ2) is 8.65. The Morgan fingerprint density at radius 3 is 2.72 bits per heavy atom. The van der Waals surface area contributed by atoms with Crippen LogP contribution in [0.1, 0.15) is 16.1 Å². The number of anilines is 1. The van der Waals surface area contributed by atoms with Crippen LogP contribution in [0.5, 0.6) is 5.75 Å². The Kier molecular flexibility index (Phi) is 5.75. The summed E-state index contributed by atoms with van der Waals surface area (Å²) < 4.78 is 18.9. The van der Waals surface area contributed by atoms with E-state index in [0.717, 1.165) is 0 Å². The number of halogens is 2. The van der Waals surface area contributed by atoms with Crippen LogP contribution < -0.4 is 15.0 Å². The summed E-state index contributed by atoms with van der Waals surface area (Å²) in [6.45, 7) is -0.116. The fourth-order valence-electron chi connectivity index (χ4n) is 3.29. The molecule has 1 N–H and O–H groups in total. The molecule has 2 heterocycles. The predicted molar refractivity (Wildman–Crippen MR) is 116 cm³/mol. The van der Waals surface area contributed by atoms with E-state index >= 15 is 0 Å². The van der Waals surface area contributed by atoms with Gasteiger partial charge in [0, 0.05) is 18.7 Å².